The quantitative estimate of drug-likeness (QED) is 0.610. The highest BCUT2D eigenvalue weighted by Crippen LogP contribution is 2.42. The van der Waals surface area contributed by atoms with E-state index in [0.717, 1.165) is 31.5 Å². The van der Waals surface area contributed by atoms with Crippen LogP contribution < -0.4 is 5.32 Å². The number of aromatic nitrogens is 2. The molecule has 4 rings (SSSR count). The van der Waals surface area contributed by atoms with Crippen LogP contribution in [0.1, 0.15) is 55.5 Å². The van der Waals surface area contributed by atoms with Gasteiger partial charge >= 0.3 is 6.18 Å². The Morgan fingerprint density at radius 3 is 2.39 bits per heavy atom. The Morgan fingerprint density at radius 1 is 1.12 bits per heavy atom. The molecule has 33 heavy (non-hydrogen) atoms. The number of alkyl halides is 3. The molecule has 1 aromatic carbocycles. The molecule has 2 aromatic rings. The van der Waals surface area contributed by atoms with Crippen molar-refractivity contribution in [3.8, 4) is 0 Å². The van der Waals surface area contributed by atoms with E-state index in [9.17, 15) is 23.4 Å². The second-order valence-corrected chi connectivity index (χ2v) is 9.90. The lowest BCUT2D eigenvalue weighted by molar-refractivity contribution is -0.152. The first-order valence-electron chi connectivity index (χ1n) is 11.6. The first-order valence-corrected chi connectivity index (χ1v) is 11.6. The van der Waals surface area contributed by atoms with Crippen molar-refractivity contribution in [3.63, 3.8) is 0 Å². The second kappa shape index (κ2) is 9.37. The van der Waals surface area contributed by atoms with E-state index < -0.39 is 23.8 Å². The Balaban J connectivity index is 1.49. The van der Waals surface area contributed by atoms with Crippen LogP contribution in [0.25, 0.3) is 0 Å². The van der Waals surface area contributed by atoms with Crippen molar-refractivity contribution in [2.24, 2.45) is 5.92 Å². The van der Waals surface area contributed by atoms with Gasteiger partial charge in [0.2, 0.25) is 0 Å². The predicted octanol–water partition coefficient (Wildman–Crippen LogP) is 3.07. The van der Waals surface area contributed by atoms with Crippen molar-refractivity contribution < 1.29 is 23.4 Å². The summed E-state index contributed by atoms with van der Waals surface area (Å²) in [6, 6.07) is 9.00. The van der Waals surface area contributed by atoms with E-state index >= 15 is 0 Å². The molecule has 0 bridgehead atoms. The average Bonchev–Trinajstić information content (AvgIpc) is 3.16. The molecule has 1 saturated heterocycles. The summed E-state index contributed by atoms with van der Waals surface area (Å²) in [6.45, 7) is 5.26. The van der Waals surface area contributed by atoms with Gasteiger partial charge in [-0.3, -0.25) is 4.68 Å². The van der Waals surface area contributed by atoms with E-state index in [-0.39, 0.29) is 30.7 Å². The van der Waals surface area contributed by atoms with E-state index in [1.165, 1.54) is 10.9 Å². The van der Waals surface area contributed by atoms with Crippen molar-refractivity contribution in [1.29, 1.82) is 0 Å². The Bertz CT molecular complexity index is 918. The van der Waals surface area contributed by atoms with Gasteiger partial charge in [0.25, 0.3) is 0 Å². The summed E-state index contributed by atoms with van der Waals surface area (Å²) in [5.41, 5.74) is 0.798. The molecule has 3 unspecified atom stereocenters. The van der Waals surface area contributed by atoms with Crippen molar-refractivity contribution in [3.05, 3.63) is 53.3 Å². The molecule has 9 heteroatoms. The maximum atomic E-state index is 13.9. The number of nitrogens with zero attached hydrogens (tertiary/aromatic N) is 3. The minimum absolute atomic E-state index is 0.00877. The molecule has 2 aliphatic heterocycles. The van der Waals surface area contributed by atoms with E-state index in [0.29, 0.717) is 12.1 Å². The van der Waals surface area contributed by atoms with Crippen LogP contribution in [-0.2, 0) is 6.54 Å². The van der Waals surface area contributed by atoms with Gasteiger partial charge in [0.05, 0.1) is 36.2 Å². The lowest BCUT2D eigenvalue weighted by Gasteiger charge is -2.38. The third-order valence-corrected chi connectivity index (χ3v) is 7.04. The number of hydrogen-bond acceptors (Lipinski definition) is 5. The van der Waals surface area contributed by atoms with Crippen LogP contribution in [0.3, 0.4) is 0 Å². The Hall–Kier alpha value is -1.94. The Labute approximate surface area is 192 Å². The van der Waals surface area contributed by atoms with Crippen LogP contribution in [0.2, 0.25) is 0 Å². The molecule has 6 nitrogen and oxygen atoms in total. The van der Waals surface area contributed by atoms with Crippen LogP contribution in [-0.4, -0.2) is 69.0 Å². The number of benzene rings is 1. The minimum atomic E-state index is -4.41. The lowest BCUT2D eigenvalue weighted by Crippen LogP contribution is -2.45. The van der Waals surface area contributed by atoms with Gasteiger partial charge in [0.15, 0.2) is 0 Å². The SMILES string of the molecule is CC(C)(O)C1CCN(CC(O)Cn2ncc3c2C(C(F)(F)F)CNC3c2ccccc2)CC1. The molecule has 3 atom stereocenters. The highest BCUT2D eigenvalue weighted by Gasteiger charge is 2.47. The maximum Gasteiger partial charge on any atom is 0.398 e. The summed E-state index contributed by atoms with van der Waals surface area (Å²) in [6.07, 6.45) is -2.10. The number of nitrogens with one attached hydrogen (secondary N) is 1. The largest absolute Gasteiger partial charge is 0.398 e. The molecular formula is C24H33F3N4O2. The van der Waals surface area contributed by atoms with Gasteiger partial charge in [0.1, 0.15) is 5.92 Å². The summed E-state index contributed by atoms with van der Waals surface area (Å²) in [7, 11) is 0. The van der Waals surface area contributed by atoms with E-state index in [1.54, 1.807) is 0 Å². The number of rotatable bonds is 6. The summed E-state index contributed by atoms with van der Waals surface area (Å²) < 4.78 is 43.0. The highest BCUT2D eigenvalue weighted by molar-refractivity contribution is 5.38. The third-order valence-electron chi connectivity index (χ3n) is 7.04. The van der Waals surface area contributed by atoms with Gasteiger partial charge in [0, 0.05) is 18.7 Å². The summed E-state index contributed by atoms with van der Waals surface area (Å²) in [5.74, 6) is -1.47. The monoisotopic (exact) mass is 466 g/mol. The Morgan fingerprint density at radius 2 is 1.79 bits per heavy atom. The van der Waals surface area contributed by atoms with Crippen molar-refractivity contribution in [1.82, 2.24) is 20.0 Å². The maximum absolute atomic E-state index is 13.9. The molecule has 182 valence electrons. The third kappa shape index (κ3) is 5.42. The topological polar surface area (TPSA) is 73.5 Å². The first-order chi connectivity index (χ1) is 15.5. The van der Waals surface area contributed by atoms with Crippen molar-refractivity contribution in [2.45, 2.75) is 63.1 Å². The predicted molar refractivity (Wildman–Crippen MR) is 119 cm³/mol. The standard InChI is InChI=1S/C24H33F3N4O2/c1-23(2,33)17-8-10-30(11-9-17)14-18(32)15-31-22-19(12-29-31)21(16-6-4-3-5-7-16)28-13-20(22)24(25,26)27/h3-7,12,17-18,20-21,28,32-33H,8-11,13-15H2,1-2H3. The molecule has 0 spiro atoms. The van der Waals surface area contributed by atoms with Crippen molar-refractivity contribution in [2.75, 3.05) is 26.2 Å². The normalized spacial score (nSPS) is 24.0. The minimum Gasteiger partial charge on any atom is -0.390 e. The van der Waals surface area contributed by atoms with Crippen LogP contribution in [0.4, 0.5) is 13.2 Å². The van der Waals surface area contributed by atoms with Gasteiger partial charge in [-0.15, -0.1) is 0 Å². The van der Waals surface area contributed by atoms with Crippen molar-refractivity contribution >= 4 is 0 Å². The van der Waals surface area contributed by atoms with Crippen LogP contribution in [0.5, 0.6) is 0 Å². The number of hydrogen-bond donors (Lipinski definition) is 3. The highest BCUT2D eigenvalue weighted by atomic mass is 19.4. The van der Waals surface area contributed by atoms with Gasteiger partial charge in [-0.25, -0.2) is 0 Å². The number of piperidine rings is 1. The molecule has 0 radical (unpaired) electrons. The zero-order valence-electron chi connectivity index (χ0n) is 19.1. The fourth-order valence-electron chi connectivity index (χ4n) is 5.19. The van der Waals surface area contributed by atoms with Crippen LogP contribution >= 0.6 is 0 Å². The number of aliphatic hydroxyl groups excluding tert-OH is 1. The molecule has 3 heterocycles. The molecule has 2 aliphatic rings. The summed E-state index contributed by atoms with van der Waals surface area (Å²) >= 11 is 0. The molecular weight excluding hydrogens is 433 g/mol. The van der Waals surface area contributed by atoms with Crippen LogP contribution in [0, 0.1) is 5.92 Å². The fourth-order valence-corrected chi connectivity index (χ4v) is 5.19. The van der Waals surface area contributed by atoms with Gasteiger partial charge in [-0.05, 0) is 51.3 Å². The van der Waals surface area contributed by atoms with Gasteiger partial charge in [-0.1, -0.05) is 30.3 Å². The summed E-state index contributed by atoms with van der Waals surface area (Å²) in [4.78, 5) is 2.11. The molecule has 0 aliphatic carbocycles. The molecule has 0 amide bonds. The number of β-amino-alcohol motifs (C(OH)–C–C–N with tert-alkyl or cyclic N) is 1. The number of halogens is 3. The number of aliphatic hydroxyl groups is 2. The van der Waals surface area contributed by atoms with Gasteiger partial charge < -0.3 is 20.4 Å². The van der Waals surface area contributed by atoms with E-state index in [4.69, 9.17) is 0 Å². The Kier molecular flexibility index (Phi) is 6.87. The van der Waals surface area contributed by atoms with E-state index in [1.807, 2.05) is 44.2 Å². The van der Waals surface area contributed by atoms with Gasteiger partial charge in [-0.2, -0.15) is 18.3 Å². The molecule has 1 fully saturated rings. The average molecular weight is 467 g/mol. The zero-order chi connectivity index (χ0) is 23.8. The van der Waals surface area contributed by atoms with E-state index in [2.05, 4.69) is 15.3 Å². The molecule has 0 saturated carbocycles. The lowest BCUT2D eigenvalue weighted by atomic mass is 9.83. The fraction of sp³-hybridized carbons (Fsp3) is 0.625. The van der Waals surface area contributed by atoms with Crippen LogP contribution in [0.15, 0.2) is 36.5 Å². The summed E-state index contributed by atoms with van der Waals surface area (Å²) in [5, 5.41) is 28.2. The molecule has 1 aromatic heterocycles. The smallest absolute Gasteiger partial charge is 0.390 e. The zero-order valence-corrected chi connectivity index (χ0v) is 19.1. The second-order valence-electron chi connectivity index (χ2n) is 9.90. The number of likely N-dealkylation sites (tertiary alicyclic amines) is 1. The first kappa shape index (κ1) is 24.2. The number of fused-ring (bicyclic) bond motifs is 1. The molecule has 3 N–H and O–H groups in total.